The Bertz CT molecular complexity index is 362. The first kappa shape index (κ1) is 17.0. The monoisotopic (exact) mass is 277 g/mol. The Morgan fingerprint density at radius 1 is 1.00 bits per heavy atom. The minimum Gasteiger partial charge on any atom is -0.388 e. The van der Waals surface area contributed by atoms with Gasteiger partial charge in [-0.25, -0.2) is 0 Å². The first-order valence-corrected chi connectivity index (χ1v) is 8.10. The van der Waals surface area contributed by atoms with E-state index in [4.69, 9.17) is 0 Å². The molecule has 1 aromatic rings. The Morgan fingerprint density at radius 3 is 2.30 bits per heavy atom. The number of unbranched alkanes of at least 4 members (excludes halogenated alkanes) is 6. The van der Waals surface area contributed by atoms with Crippen LogP contribution in [0.1, 0.15) is 70.0 Å². The molecule has 0 aliphatic carbocycles. The van der Waals surface area contributed by atoms with E-state index in [1.54, 1.807) is 0 Å². The molecule has 0 aromatic heterocycles. The highest BCUT2D eigenvalue weighted by atomic mass is 16.3. The van der Waals surface area contributed by atoms with Gasteiger partial charge in [-0.15, -0.1) is 0 Å². The van der Waals surface area contributed by atoms with E-state index in [2.05, 4.69) is 24.0 Å². The van der Waals surface area contributed by atoms with Crippen LogP contribution in [0.3, 0.4) is 0 Å². The first-order chi connectivity index (χ1) is 9.65. The van der Waals surface area contributed by atoms with Crippen molar-refractivity contribution < 1.29 is 5.11 Å². The van der Waals surface area contributed by atoms with Crippen LogP contribution in [-0.4, -0.2) is 19.2 Å². The lowest BCUT2D eigenvalue weighted by atomic mass is 10.0. The van der Waals surface area contributed by atoms with E-state index in [0.717, 1.165) is 24.1 Å². The highest BCUT2D eigenvalue weighted by Gasteiger charge is 2.08. The number of nitrogens with zero attached hydrogens (tertiary/aromatic N) is 1. The molecule has 0 saturated heterocycles. The Kier molecular flexibility index (Phi) is 8.36. The maximum atomic E-state index is 10.2. The number of aliphatic hydroxyl groups excluding tert-OH is 1. The van der Waals surface area contributed by atoms with Crippen LogP contribution < -0.4 is 4.90 Å². The van der Waals surface area contributed by atoms with Crippen molar-refractivity contribution in [2.24, 2.45) is 0 Å². The molecule has 1 atom stereocenters. The zero-order valence-electron chi connectivity index (χ0n) is 13.4. The lowest BCUT2D eigenvalue weighted by molar-refractivity contribution is 0.163. The van der Waals surface area contributed by atoms with Crippen molar-refractivity contribution in [1.82, 2.24) is 0 Å². The van der Waals surface area contributed by atoms with Gasteiger partial charge in [-0.1, -0.05) is 64.0 Å². The quantitative estimate of drug-likeness (QED) is 0.613. The van der Waals surface area contributed by atoms with Crippen molar-refractivity contribution >= 4 is 5.69 Å². The molecule has 0 aliphatic rings. The number of hydrogen-bond acceptors (Lipinski definition) is 2. The van der Waals surface area contributed by atoms with E-state index in [1.165, 1.54) is 38.5 Å². The predicted octanol–water partition coefficient (Wildman–Crippen LogP) is 4.93. The lowest BCUT2D eigenvalue weighted by Crippen LogP contribution is -2.09. The molecule has 0 amide bonds. The molecule has 20 heavy (non-hydrogen) atoms. The molecule has 114 valence electrons. The second kappa shape index (κ2) is 9.82. The Morgan fingerprint density at radius 2 is 1.65 bits per heavy atom. The Hall–Kier alpha value is -1.02. The number of benzene rings is 1. The molecule has 1 rings (SSSR count). The van der Waals surface area contributed by atoms with Gasteiger partial charge < -0.3 is 10.0 Å². The Balaban J connectivity index is 2.25. The van der Waals surface area contributed by atoms with Crippen LogP contribution in [0.2, 0.25) is 0 Å². The standard InChI is InChI=1S/C18H31NO/c1-4-5-6-7-8-9-10-14-18(20)16-12-11-13-17(15-16)19(2)3/h11-13,15,18,20H,4-10,14H2,1-3H3. The molecule has 0 aliphatic heterocycles. The number of rotatable bonds is 10. The molecule has 0 heterocycles. The van der Waals surface area contributed by atoms with E-state index in [1.807, 2.05) is 26.2 Å². The van der Waals surface area contributed by atoms with E-state index in [-0.39, 0.29) is 6.10 Å². The lowest BCUT2D eigenvalue weighted by Gasteiger charge is -2.16. The average molecular weight is 277 g/mol. The van der Waals surface area contributed by atoms with E-state index in [9.17, 15) is 5.11 Å². The van der Waals surface area contributed by atoms with Gasteiger partial charge in [0.05, 0.1) is 6.10 Å². The van der Waals surface area contributed by atoms with Crippen molar-refractivity contribution in [2.45, 2.75) is 64.4 Å². The van der Waals surface area contributed by atoms with Gasteiger partial charge in [-0.3, -0.25) is 0 Å². The van der Waals surface area contributed by atoms with Crippen molar-refractivity contribution in [3.63, 3.8) is 0 Å². The molecule has 2 heteroatoms. The summed E-state index contributed by atoms with van der Waals surface area (Å²) in [7, 11) is 4.06. The molecule has 0 radical (unpaired) electrons. The average Bonchev–Trinajstić information content (AvgIpc) is 2.46. The van der Waals surface area contributed by atoms with Crippen LogP contribution in [0.15, 0.2) is 24.3 Å². The summed E-state index contributed by atoms with van der Waals surface area (Å²) in [6.45, 7) is 2.25. The second-order valence-electron chi connectivity index (χ2n) is 5.92. The van der Waals surface area contributed by atoms with Gasteiger partial charge in [0.2, 0.25) is 0 Å². The molecular formula is C18H31NO. The van der Waals surface area contributed by atoms with Crippen LogP contribution in [-0.2, 0) is 0 Å². The number of aliphatic hydroxyl groups is 1. The number of hydrogen-bond donors (Lipinski definition) is 1. The van der Waals surface area contributed by atoms with Crippen molar-refractivity contribution in [3.05, 3.63) is 29.8 Å². The molecule has 1 unspecified atom stereocenters. The predicted molar refractivity (Wildman–Crippen MR) is 88.3 cm³/mol. The van der Waals surface area contributed by atoms with Crippen molar-refractivity contribution in [3.8, 4) is 0 Å². The summed E-state index contributed by atoms with van der Waals surface area (Å²) in [6, 6.07) is 8.22. The van der Waals surface area contributed by atoms with E-state index >= 15 is 0 Å². The van der Waals surface area contributed by atoms with Gasteiger partial charge in [-0.2, -0.15) is 0 Å². The van der Waals surface area contributed by atoms with Crippen LogP contribution in [0.5, 0.6) is 0 Å². The third kappa shape index (κ3) is 6.42. The zero-order chi connectivity index (χ0) is 14.8. The maximum absolute atomic E-state index is 10.2. The third-order valence-electron chi connectivity index (χ3n) is 3.85. The topological polar surface area (TPSA) is 23.5 Å². The van der Waals surface area contributed by atoms with Crippen molar-refractivity contribution in [1.29, 1.82) is 0 Å². The SMILES string of the molecule is CCCCCCCCCC(O)c1cccc(N(C)C)c1. The van der Waals surface area contributed by atoms with Gasteiger partial charge >= 0.3 is 0 Å². The largest absolute Gasteiger partial charge is 0.388 e. The summed E-state index contributed by atoms with van der Waals surface area (Å²) in [6.07, 6.45) is 9.62. The maximum Gasteiger partial charge on any atom is 0.0790 e. The van der Waals surface area contributed by atoms with Crippen LogP contribution in [0.4, 0.5) is 5.69 Å². The molecule has 0 fully saturated rings. The summed E-state index contributed by atoms with van der Waals surface area (Å²) < 4.78 is 0. The highest BCUT2D eigenvalue weighted by molar-refractivity contribution is 5.47. The second-order valence-corrected chi connectivity index (χ2v) is 5.92. The zero-order valence-corrected chi connectivity index (χ0v) is 13.4. The smallest absolute Gasteiger partial charge is 0.0790 e. The van der Waals surface area contributed by atoms with Gasteiger partial charge in [0, 0.05) is 19.8 Å². The summed E-state index contributed by atoms with van der Waals surface area (Å²) in [5.74, 6) is 0. The number of anilines is 1. The normalized spacial score (nSPS) is 12.4. The molecule has 0 bridgehead atoms. The molecular weight excluding hydrogens is 246 g/mol. The third-order valence-corrected chi connectivity index (χ3v) is 3.85. The highest BCUT2D eigenvalue weighted by Crippen LogP contribution is 2.23. The van der Waals surface area contributed by atoms with Gasteiger partial charge in [0.15, 0.2) is 0 Å². The van der Waals surface area contributed by atoms with Crippen LogP contribution >= 0.6 is 0 Å². The van der Waals surface area contributed by atoms with Crippen LogP contribution in [0, 0.1) is 0 Å². The summed E-state index contributed by atoms with van der Waals surface area (Å²) in [4.78, 5) is 2.07. The summed E-state index contributed by atoms with van der Waals surface area (Å²) in [5.41, 5.74) is 2.20. The summed E-state index contributed by atoms with van der Waals surface area (Å²) >= 11 is 0. The molecule has 2 nitrogen and oxygen atoms in total. The fourth-order valence-corrected chi connectivity index (χ4v) is 2.47. The molecule has 0 saturated carbocycles. The Labute approximate surface area is 124 Å². The minimum atomic E-state index is -0.314. The van der Waals surface area contributed by atoms with Crippen LogP contribution in [0.25, 0.3) is 0 Å². The first-order valence-electron chi connectivity index (χ1n) is 8.10. The van der Waals surface area contributed by atoms with E-state index < -0.39 is 0 Å². The van der Waals surface area contributed by atoms with Gasteiger partial charge in [-0.05, 0) is 24.1 Å². The molecule has 1 N–H and O–H groups in total. The van der Waals surface area contributed by atoms with Crippen molar-refractivity contribution in [2.75, 3.05) is 19.0 Å². The van der Waals surface area contributed by atoms with E-state index in [0.29, 0.717) is 0 Å². The summed E-state index contributed by atoms with van der Waals surface area (Å²) in [5, 5.41) is 10.2. The fraction of sp³-hybridized carbons (Fsp3) is 0.667. The van der Waals surface area contributed by atoms with Gasteiger partial charge in [0.25, 0.3) is 0 Å². The molecule has 0 spiro atoms. The van der Waals surface area contributed by atoms with Gasteiger partial charge in [0.1, 0.15) is 0 Å². The fourth-order valence-electron chi connectivity index (χ4n) is 2.47. The molecule has 1 aromatic carbocycles. The minimum absolute atomic E-state index is 0.314.